The van der Waals surface area contributed by atoms with Gasteiger partial charge in [0.05, 0.1) is 16.6 Å². The number of H-pyrrole nitrogens is 1. The number of aryl methyl sites for hydroxylation is 1. The Morgan fingerprint density at radius 2 is 1.21 bits per heavy atom. The maximum absolute atomic E-state index is 12.6. The molecule has 0 radical (unpaired) electrons. The van der Waals surface area contributed by atoms with Crippen molar-refractivity contribution in [1.82, 2.24) is 14.8 Å². The first kappa shape index (κ1) is 33.6. The third-order valence-corrected chi connectivity index (χ3v) is 7.95. The molecule has 230 valence electrons. The summed E-state index contributed by atoms with van der Waals surface area (Å²) in [6.45, 7) is 20.6. The first-order valence-corrected chi connectivity index (χ1v) is 15.3. The molecule has 0 unspecified atom stereocenters. The van der Waals surface area contributed by atoms with Crippen LogP contribution in [0.3, 0.4) is 0 Å². The van der Waals surface area contributed by atoms with Gasteiger partial charge in [-0.2, -0.15) is 0 Å². The lowest BCUT2D eigenvalue weighted by Gasteiger charge is -2.19. The van der Waals surface area contributed by atoms with Crippen LogP contribution in [0.4, 0.5) is 0 Å². The van der Waals surface area contributed by atoms with E-state index in [0.29, 0.717) is 12.0 Å². The molecule has 43 heavy (non-hydrogen) atoms. The summed E-state index contributed by atoms with van der Waals surface area (Å²) in [7, 11) is 0. The number of unbranched alkanes of at least 4 members (excludes halogenated alkanes) is 4. The van der Waals surface area contributed by atoms with Crippen molar-refractivity contribution in [2.75, 3.05) is 39.3 Å². The van der Waals surface area contributed by atoms with Crippen molar-refractivity contribution >= 4 is 33.7 Å². The number of fused-ring (bicyclic) bond motifs is 3. The second-order valence-electron chi connectivity index (χ2n) is 11.1. The molecule has 0 amide bonds. The first-order chi connectivity index (χ1) is 20.8. The van der Waals surface area contributed by atoms with Crippen LogP contribution in [-0.2, 0) is 12.8 Å². The smallest absolute Gasteiger partial charge is 0.335 e. The number of nitrogens with zero attached hydrogens (tertiary/aromatic N) is 2. The molecule has 3 aromatic rings. The van der Waals surface area contributed by atoms with E-state index in [9.17, 15) is 19.8 Å². The number of hydrogen-bond donors (Lipinski definition) is 3. The van der Waals surface area contributed by atoms with E-state index in [1.54, 1.807) is 24.3 Å². The summed E-state index contributed by atoms with van der Waals surface area (Å²) in [6, 6.07) is 6.73. The predicted octanol–water partition coefficient (Wildman–Crippen LogP) is 7.49. The molecular formula is C36H47N3O4. The predicted molar refractivity (Wildman–Crippen MR) is 179 cm³/mol. The number of nitrogens with one attached hydrogen (secondary N) is 1. The lowest BCUT2D eigenvalue weighted by molar-refractivity contribution is 0.0685. The van der Waals surface area contributed by atoms with E-state index in [1.807, 2.05) is 24.3 Å². The number of hydrogen-bond acceptors (Lipinski definition) is 4. The molecule has 7 nitrogen and oxygen atoms in total. The SMILES string of the molecule is C=CCN(CC=C)CCCCCc1c(C(=O)O)cc2c([nH]c3ccc(C(=O)O)cc32)c1CCCCCN(CC=C)CC=C. The molecule has 1 aromatic heterocycles. The van der Waals surface area contributed by atoms with Crippen LogP contribution < -0.4 is 0 Å². The molecule has 0 spiro atoms. The highest BCUT2D eigenvalue weighted by Gasteiger charge is 2.21. The molecule has 0 atom stereocenters. The molecule has 0 aliphatic carbocycles. The minimum absolute atomic E-state index is 0.182. The summed E-state index contributed by atoms with van der Waals surface area (Å²) >= 11 is 0. The van der Waals surface area contributed by atoms with Crippen molar-refractivity contribution in [3.05, 3.63) is 97.1 Å². The largest absolute Gasteiger partial charge is 0.478 e. The van der Waals surface area contributed by atoms with Crippen LogP contribution in [0.15, 0.2) is 74.9 Å². The van der Waals surface area contributed by atoms with Gasteiger partial charge in [-0.3, -0.25) is 9.80 Å². The second-order valence-corrected chi connectivity index (χ2v) is 11.1. The highest BCUT2D eigenvalue weighted by molar-refractivity contribution is 6.12. The van der Waals surface area contributed by atoms with Gasteiger partial charge in [0.25, 0.3) is 0 Å². The van der Waals surface area contributed by atoms with Crippen LogP contribution in [0.2, 0.25) is 0 Å². The zero-order valence-corrected chi connectivity index (χ0v) is 25.5. The zero-order valence-electron chi connectivity index (χ0n) is 25.5. The van der Waals surface area contributed by atoms with Crippen LogP contribution in [-0.4, -0.2) is 76.2 Å². The molecule has 3 N–H and O–H groups in total. The Labute approximate surface area is 255 Å². The molecule has 3 rings (SSSR count). The number of rotatable bonds is 22. The van der Waals surface area contributed by atoms with Gasteiger partial charge >= 0.3 is 11.9 Å². The summed E-state index contributed by atoms with van der Waals surface area (Å²) in [5, 5.41) is 21.4. The maximum atomic E-state index is 12.6. The fourth-order valence-corrected chi connectivity index (χ4v) is 5.90. The minimum atomic E-state index is -1.01. The number of benzene rings is 2. The van der Waals surface area contributed by atoms with Crippen LogP contribution in [0.25, 0.3) is 21.8 Å². The van der Waals surface area contributed by atoms with Crippen LogP contribution in [0.1, 0.15) is 70.4 Å². The van der Waals surface area contributed by atoms with Crippen molar-refractivity contribution in [1.29, 1.82) is 0 Å². The lowest BCUT2D eigenvalue weighted by Crippen LogP contribution is -2.25. The van der Waals surface area contributed by atoms with Gasteiger partial charge in [0, 0.05) is 42.5 Å². The average molecular weight is 586 g/mol. The molecule has 0 fully saturated rings. The number of carbonyl (C=O) groups is 2. The Bertz CT molecular complexity index is 1420. The van der Waals surface area contributed by atoms with Gasteiger partial charge in [-0.05, 0) is 87.0 Å². The van der Waals surface area contributed by atoms with Gasteiger partial charge < -0.3 is 15.2 Å². The van der Waals surface area contributed by atoms with Crippen LogP contribution in [0, 0.1) is 0 Å². The van der Waals surface area contributed by atoms with Crippen LogP contribution in [0.5, 0.6) is 0 Å². The van der Waals surface area contributed by atoms with Crippen molar-refractivity contribution < 1.29 is 19.8 Å². The standard InChI is InChI=1S/C36H47N3O4/c1-5-19-38(20-6-2)23-13-9-11-15-28-29(16-12-10-14-24-39(21-7-3)22-8-4)34-31(26-32(28)36(42)43)30-25-27(35(40)41)17-18-33(30)37-34/h5-8,17-18,25-26,37H,1-4,9-16,19-24H2,(H,40,41)(H,42,43). The summed E-state index contributed by atoms with van der Waals surface area (Å²) < 4.78 is 0. The van der Waals surface area contributed by atoms with E-state index in [0.717, 1.165) is 117 Å². The minimum Gasteiger partial charge on any atom is -0.478 e. The topological polar surface area (TPSA) is 96.9 Å². The normalized spacial score (nSPS) is 11.4. The number of aromatic nitrogens is 1. The molecule has 0 saturated heterocycles. The third kappa shape index (κ3) is 9.27. The van der Waals surface area contributed by atoms with Gasteiger partial charge in [-0.1, -0.05) is 37.1 Å². The monoisotopic (exact) mass is 585 g/mol. The molecule has 1 heterocycles. The highest BCUT2D eigenvalue weighted by Crippen LogP contribution is 2.34. The summed E-state index contributed by atoms with van der Waals surface area (Å²) in [5.74, 6) is -1.96. The fourth-order valence-electron chi connectivity index (χ4n) is 5.90. The van der Waals surface area contributed by atoms with E-state index in [1.165, 1.54) is 0 Å². The lowest BCUT2D eigenvalue weighted by atomic mass is 9.90. The van der Waals surface area contributed by atoms with E-state index < -0.39 is 11.9 Å². The molecular weight excluding hydrogens is 538 g/mol. The molecule has 0 aliphatic rings. The van der Waals surface area contributed by atoms with Gasteiger partial charge in [0.15, 0.2) is 0 Å². The van der Waals surface area contributed by atoms with E-state index >= 15 is 0 Å². The quantitative estimate of drug-likeness (QED) is 0.0835. The Balaban J connectivity index is 1.89. The summed E-state index contributed by atoms with van der Waals surface area (Å²) in [4.78, 5) is 32.4. The van der Waals surface area contributed by atoms with E-state index in [4.69, 9.17) is 0 Å². The number of aromatic amines is 1. The summed E-state index contributed by atoms with van der Waals surface area (Å²) in [5.41, 5.74) is 4.15. The molecule has 0 saturated carbocycles. The first-order valence-electron chi connectivity index (χ1n) is 15.3. The average Bonchev–Trinajstić information content (AvgIpc) is 3.35. The van der Waals surface area contributed by atoms with Gasteiger partial charge in [0.2, 0.25) is 0 Å². The van der Waals surface area contributed by atoms with Crippen molar-refractivity contribution in [2.45, 2.75) is 51.4 Å². The van der Waals surface area contributed by atoms with Crippen molar-refractivity contribution in [3.63, 3.8) is 0 Å². The van der Waals surface area contributed by atoms with Gasteiger partial charge in [-0.25, -0.2) is 9.59 Å². The Morgan fingerprint density at radius 1 is 0.674 bits per heavy atom. The Kier molecular flexibility index (Phi) is 13.5. The third-order valence-electron chi connectivity index (χ3n) is 7.95. The van der Waals surface area contributed by atoms with E-state index in [2.05, 4.69) is 41.1 Å². The highest BCUT2D eigenvalue weighted by atomic mass is 16.4. The summed E-state index contributed by atoms with van der Waals surface area (Å²) in [6.07, 6.45) is 14.9. The fraction of sp³-hybridized carbons (Fsp3) is 0.389. The second kappa shape index (κ2) is 17.2. The molecule has 0 aliphatic heterocycles. The Hall–Kier alpha value is -3.94. The van der Waals surface area contributed by atoms with Crippen molar-refractivity contribution in [3.8, 4) is 0 Å². The molecule has 2 aromatic carbocycles. The number of carboxylic acids is 2. The van der Waals surface area contributed by atoms with Gasteiger partial charge in [-0.15, -0.1) is 26.3 Å². The molecule has 0 bridgehead atoms. The zero-order chi connectivity index (χ0) is 31.2. The maximum Gasteiger partial charge on any atom is 0.335 e. The number of aromatic carboxylic acids is 2. The van der Waals surface area contributed by atoms with Crippen LogP contribution >= 0.6 is 0 Å². The van der Waals surface area contributed by atoms with E-state index in [-0.39, 0.29) is 5.56 Å². The van der Waals surface area contributed by atoms with Crippen molar-refractivity contribution in [2.24, 2.45) is 0 Å². The Morgan fingerprint density at radius 3 is 1.70 bits per heavy atom. The number of carboxylic acid groups (broad SMARTS) is 2. The van der Waals surface area contributed by atoms with Gasteiger partial charge in [0.1, 0.15) is 0 Å². The molecule has 7 heteroatoms.